The number of rotatable bonds is 5. The van der Waals surface area contributed by atoms with Crippen molar-refractivity contribution in [3.63, 3.8) is 0 Å². The lowest BCUT2D eigenvalue weighted by Crippen LogP contribution is -2.24. The van der Waals surface area contributed by atoms with Crippen molar-refractivity contribution < 1.29 is 4.74 Å². The molecule has 2 heterocycles. The number of aromatic nitrogens is 2. The van der Waals surface area contributed by atoms with Crippen molar-refractivity contribution in [3.05, 3.63) is 46.6 Å². The molecule has 0 spiro atoms. The molecule has 0 saturated carbocycles. The van der Waals surface area contributed by atoms with Gasteiger partial charge in [0.15, 0.2) is 0 Å². The van der Waals surface area contributed by atoms with Crippen LogP contribution in [-0.4, -0.2) is 29.7 Å². The molecule has 6 heteroatoms. The molecule has 1 atom stereocenters. The number of nitrogens with zero attached hydrogens (tertiary/aromatic N) is 3. The molecule has 1 aliphatic heterocycles. The molecule has 5 nitrogen and oxygen atoms in total. The summed E-state index contributed by atoms with van der Waals surface area (Å²) in [6.45, 7) is 5.18. The number of nitrogens with two attached hydrogens (primary N) is 1. The predicted molar refractivity (Wildman–Crippen MR) is 92.8 cm³/mol. The lowest BCUT2D eigenvalue weighted by molar-refractivity contribution is 0.193. The van der Waals surface area contributed by atoms with Crippen molar-refractivity contribution >= 4 is 23.4 Å². The summed E-state index contributed by atoms with van der Waals surface area (Å²) in [5, 5.41) is 0.742. The topological polar surface area (TPSA) is 64.3 Å². The number of hydrogen-bond acceptors (Lipinski definition) is 5. The average molecular weight is 333 g/mol. The quantitative estimate of drug-likeness (QED) is 0.910. The van der Waals surface area contributed by atoms with Gasteiger partial charge in [0.25, 0.3) is 0 Å². The normalized spacial score (nSPS) is 17.4. The Morgan fingerprint density at radius 2 is 2.09 bits per heavy atom. The van der Waals surface area contributed by atoms with E-state index in [1.165, 1.54) is 5.56 Å². The standard InChI is InChI=1S/C17H21ClN4O/c1-2-22(10-12-3-5-14(18)6-4-12)16-9-15(20-17(19)21-16)13-7-8-23-11-13/h3-6,9,13H,2,7-8,10-11H2,1H3,(H2,19,20,21). The van der Waals surface area contributed by atoms with Gasteiger partial charge < -0.3 is 15.4 Å². The van der Waals surface area contributed by atoms with Crippen molar-refractivity contribution in [2.75, 3.05) is 30.4 Å². The summed E-state index contributed by atoms with van der Waals surface area (Å²) in [4.78, 5) is 11.0. The Labute approximate surface area is 141 Å². The van der Waals surface area contributed by atoms with Crippen LogP contribution in [0.4, 0.5) is 11.8 Å². The second-order valence-electron chi connectivity index (χ2n) is 5.71. The zero-order valence-corrected chi connectivity index (χ0v) is 14.0. The number of nitrogen functional groups attached to an aromatic ring is 1. The molecule has 122 valence electrons. The number of ether oxygens (including phenoxy) is 1. The molecular weight excluding hydrogens is 312 g/mol. The van der Waals surface area contributed by atoms with Crippen LogP contribution < -0.4 is 10.6 Å². The first kappa shape index (κ1) is 16.0. The number of benzene rings is 1. The highest BCUT2D eigenvalue weighted by molar-refractivity contribution is 6.30. The summed E-state index contributed by atoms with van der Waals surface area (Å²) in [5.74, 6) is 1.49. The zero-order valence-electron chi connectivity index (χ0n) is 13.2. The summed E-state index contributed by atoms with van der Waals surface area (Å²) in [7, 11) is 0. The predicted octanol–water partition coefficient (Wildman–Crippen LogP) is 3.24. The van der Waals surface area contributed by atoms with E-state index in [0.29, 0.717) is 18.5 Å². The van der Waals surface area contributed by atoms with Gasteiger partial charge in [0.2, 0.25) is 5.95 Å². The van der Waals surface area contributed by atoms with Crippen LogP contribution in [0.25, 0.3) is 0 Å². The molecule has 1 aromatic heterocycles. The van der Waals surface area contributed by atoms with E-state index < -0.39 is 0 Å². The maximum absolute atomic E-state index is 5.95. The van der Waals surface area contributed by atoms with Crippen LogP contribution >= 0.6 is 11.6 Å². The van der Waals surface area contributed by atoms with Gasteiger partial charge in [-0.15, -0.1) is 0 Å². The van der Waals surface area contributed by atoms with Gasteiger partial charge in [0.1, 0.15) is 5.82 Å². The molecule has 1 fully saturated rings. The second-order valence-corrected chi connectivity index (χ2v) is 6.15. The number of halogens is 1. The number of hydrogen-bond donors (Lipinski definition) is 1. The summed E-state index contributed by atoms with van der Waals surface area (Å²) < 4.78 is 5.46. The van der Waals surface area contributed by atoms with Crippen molar-refractivity contribution in [2.45, 2.75) is 25.8 Å². The van der Waals surface area contributed by atoms with E-state index in [1.54, 1.807) is 0 Å². The third kappa shape index (κ3) is 3.92. The average Bonchev–Trinajstić information content (AvgIpc) is 3.08. The highest BCUT2D eigenvalue weighted by atomic mass is 35.5. The van der Waals surface area contributed by atoms with Crippen LogP contribution in [0.3, 0.4) is 0 Å². The van der Waals surface area contributed by atoms with E-state index in [1.807, 2.05) is 30.3 Å². The van der Waals surface area contributed by atoms with E-state index in [9.17, 15) is 0 Å². The lowest BCUT2D eigenvalue weighted by Gasteiger charge is -2.23. The molecule has 23 heavy (non-hydrogen) atoms. The van der Waals surface area contributed by atoms with Crippen molar-refractivity contribution in [1.82, 2.24) is 9.97 Å². The largest absolute Gasteiger partial charge is 0.381 e. The summed E-state index contributed by atoms with van der Waals surface area (Å²) in [6, 6.07) is 9.90. The van der Waals surface area contributed by atoms with E-state index in [0.717, 1.165) is 42.7 Å². The fraction of sp³-hybridized carbons (Fsp3) is 0.412. The van der Waals surface area contributed by atoms with Gasteiger partial charge in [-0.05, 0) is 31.0 Å². The minimum absolute atomic E-state index is 0.313. The fourth-order valence-electron chi connectivity index (χ4n) is 2.78. The first-order valence-electron chi connectivity index (χ1n) is 7.87. The minimum Gasteiger partial charge on any atom is -0.381 e. The Morgan fingerprint density at radius 1 is 1.30 bits per heavy atom. The Balaban J connectivity index is 1.83. The smallest absolute Gasteiger partial charge is 0.222 e. The van der Waals surface area contributed by atoms with Crippen molar-refractivity contribution in [2.24, 2.45) is 0 Å². The summed E-state index contributed by atoms with van der Waals surface area (Å²) in [5.41, 5.74) is 8.08. The van der Waals surface area contributed by atoms with Crippen LogP contribution in [0, 0.1) is 0 Å². The third-order valence-corrected chi connectivity index (χ3v) is 4.34. The Kier molecular flexibility index (Phi) is 4.98. The van der Waals surface area contributed by atoms with Gasteiger partial charge in [-0.25, -0.2) is 4.98 Å². The van der Waals surface area contributed by atoms with Crippen LogP contribution in [0.1, 0.15) is 30.5 Å². The van der Waals surface area contributed by atoms with Crippen molar-refractivity contribution in [1.29, 1.82) is 0 Å². The minimum atomic E-state index is 0.313. The molecule has 2 N–H and O–H groups in total. The van der Waals surface area contributed by atoms with Gasteiger partial charge in [0, 0.05) is 36.7 Å². The zero-order chi connectivity index (χ0) is 16.2. The van der Waals surface area contributed by atoms with E-state index in [2.05, 4.69) is 21.8 Å². The number of anilines is 2. The first-order valence-corrected chi connectivity index (χ1v) is 8.25. The molecule has 0 radical (unpaired) electrons. The second kappa shape index (κ2) is 7.15. The highest BCUT2D eigenvalue weighted by Gasteiger charge is 2.21. The van der Waals surface area contributed by atoms with Crippen LogP contribution in [0.15, 0.2) is 30.3 Å². The molecule has 0 aliphatic carbocycles. The first-order chi connectivity index (χ1) is 11.2. The molecule has 1 aromatic carbocycles. The van der Waals surface area contributed by atoms with E-state index in [-0.39, 0.29) is 0 Å². The van der Waals surface area contributed by atoms with Gasteiger partial charge in [-0.3, -0.25) is 0 Å². The van der Waals surface area contributed by atoms with Gasteiger partial charge in [-0.2, -0.15) is 4.98 Å². The Hall–Kier alpha value is -1.85. The molecule has 1 unspecified atom stereocenters. The fourth-order valence-corrected chi connectivity index (χ4v) is 2.90. The molecule has 0 bridgehead atoms. The monoisotopic (exact) mass is 332 g/mol. The van der Waals surface area contributed by atoms with Gasteiger partial charge >= 0.3 is 0 Å². The Morgan fingerprint density at radius 3 is 2.74 bits per heavy atom. The molecule has 2 aromatic rings. The van der Waals surface area contributed by atoms with Gasteiger partial charge in [0.05, 0.1) is 12.3 Å². The summed E-state index contributed by atoms with van der Waals surface area (Å²) >= 11 is 5.95. The molecular formula is C17H21ClN4O. The molecule has 3 rings (SSSR count). The van der Waals surface area contributed by atoms with E-state index >= 15 is 0 Å². The maximum atomic E-state index is 5.95. The van der Waals surface area contributed by atoms with Crippen LogP contribution in [0.5, 0.6) is 0 Å². The molecule has 1 saturated heterocycles. The van der Waals surface area contributed by atoms with E-state index in [4.69, 9.17) is 22.1 Å². The maximum Gasteiger partial charge on any atom is 0.222 e. The van der Waals surface area contributed by atoms with Crippen molar-refractivity contribution in [3.8, 4) is 0 Å². The highest BCUT2D eigenvalue weighted by Crippen LogP contribution is 2.27. The summed E-state index contributed by atoms with van der Waals surface area (Å²) in [6.07, 6.45) is 0.985. The Bertz CT molecular complexity index is 656. The lowest BCUT2D eigenvalue weighted by atomic mass is 10.0. The van der Waals surface area contributed by atoms with Crippen LogP contribution in [-0.2, 0) is 11.3 Å². The molecule has 0 amide bonds. The SMILES string of the molecule is CCN(Cc1ccc(Cl)cc1)c1cc(C2CCOC2)nc(N)n1. The third-order valence-electron chi connectivity index (χ3n) is 4.09. The molecule has 1 aliphatic rings. The van der Waals surface area contributed by atoms with Crippen LogP contribution in [0.2, 0.25) is 5.02 Å². The van der Waals surface area contributed by atoms with Gasteiger partial charge in [-0.1, -0.05) is 23.7 Å².